The Morgan fingerprint density at radius 3 is 2.74 bits per heavy atom. The van der Waals surface area contributed by atoms with Gasteiger partial charge in [0, 0.05) is 23.1 Å². The van der Waals surface area contributed by atoms with Crippen molar-refractivity contribution >= 4 is 23.3 Å². The fourth-order valence-electron chi connectivity index (χ4n) is 4.49. The van der Waals surface area contributed by atoms with Gasteiger partial charge in [-0.15, -0.1) is 16.9 Å². The lowest BCUT2D eigenvalue weighted by atomic mass is 9.79. The van der Waals surface area contributed by atoms with Crippen LogP contribution >= 0.6 is 11.8 Å². The molecule has 4 aromatic rings. The number of aliphatic imine (C=N–C) groups is 1. The van der Waals surface area contributed by atoms with Crippen LogP contribution < -0.4 is 15.2 Å². The highest BCUT2D eigenvalue weighted by atomic mass is 32.2. The first-order valence-corrected chi connectivity index (χ1v) is 11.8. The molecule has 0 saturated heterocycles. The number of nitrogens with zero attached hydrogens (tertiary/aromatic N) is 3. The molecular weight excluding hydrogens is 446 g/mol. The Hall–Kier alpha value is -4.04. The Morgan fingerprint density at radius 2 is 1.94 bits per heavy atom. The summed E-state index contributed by atoms with van der Waals surface area (Å²) in [6.07, 6.45) is 3.46. The standard InChI is InChI=1S/C26H21N5O2S/c1-32-19-11-10-16-21-17(13-33-26-22(21)23(30-31-26)15-7-3-2-4-8-15)25(27)29-24(16)18(19)14-34-20-9-5-6-12-28-20/h2-13,21H,14H2,1H3,(H2,27,29)(H,30,31). The van der Waals surface area contributed by atoms with E-state index in [0.29, 0.717) is 17.5 Å². The van der Waals surface area contributed by atoms with E-state index >= 15 is 0 Å². The molecule has 0 fully saturated rings. The van der Waals surface area contributed by atoms with E-state index < -0.39 is 0 Å². The van der Waals surface area contributed by atoms with Gasteiger partial charge in [0.1, 0.15) is 17.8 Å². The summed E-state index contributed by atoms with van der Waals surface area (Å²) in [4.78, 5) is 9.25. The molecule has 168 valence electrons. The van der Waals surface area contributed by atoms with Gasteiger partial charge in [0.2, 0.25) is 5.88 Å². The van der Waals surface area contributed by atoms with Gasteiger partial charge >= 0.3 is 0 Å². The molecule has 3 N–H and O–H groups in total. The SMILES string of the molecule is COc1ccc2c(c1CSc1ccccn1)N=C(N)C1=COc3n[nH]c(-c4ccccc4)c3C12. The van der Waals surface area contributed by atoms with Crippen LogP contribution in [0.25, 0.3) is 11.3 Å². The number of nitrogens with two attached hydrogens (primary N) is 1. The molecule has 34 heavy (non-hydrogen) atoms. The molecule has 2 aromatic carbocycles. The number of H-pyrrole nitrogens is 1. The molecule has 0 radical (unpaired) electrons. The van der Waals surface area contributed by atoms with Crippen LogP contribution in [0.3, 0.4) is 0 Å². The van der Waals surface area contributed by atoms with Crippen molar-refractivity contribution in [3.8, 4) is 22.9 Å². The minimum atomic E-state index is -0.158. The summed E-state index contributed by atoms with van der Waals surface area (Å²) < 4.78 is 11.6. The van der Waals surface area contributed by atoms with Crippen molar-refractivity contribution in [2.24, 2.45) is 10.7 Å². The van der Waals surface area contributed by atoms with E-state index in [1.165, 1.54) is 0 Å². The molecule has 0 spiro atoms. The molecule has 2 aliphatic heterocycles. The summed E-state index contributed by atoms with van der Waals surface area (Å²) in [5.41, 5.74) is 13.1. The van der Waals surface area contributed by atoms with Crippen molar-refractivity contribution in [1.82, 2.24) is 15.2 Å². The Labute approximate surface area is 200 Å². The monoisotopic (exact) mass is 467 g/mol. The van der Waals surface area contributed by atoms with E-state index in [2.05, 4.69) is 33.4 Å². The first-order valence-electron chi connectivity index (χ1n) is 10.8. The number of hydrogen-bond donors (Lipinski definition) is 2. The number of aromatic nitrogens is 3. The number of benzene rings is 2. The summed E-state index contributed by atoms with van der Waals surface area (Å²) in [6.45, 7) is 0. The molecule has 7 nitrogen and oxygen atoms in total. The second-order valence-electron chi connectivity index (χ2n) is 7.95. The van der Waals surface area contributed by atoms with Crippen LogP contribution in [0.5, 0.6) is 11.6 Å². The zero-order chi connectivity index (χ0) is 23.1. The van der Waals surface area contributed by atoms with Crippen molar-refractivity contribution < 1.29 is 9.47 Å². The minimum Gasteiger partial charge on any atom is -0.496 e. The highest BCUT2D eigenvalue weighted by Gasteiger charge is 2.38. The lowest BCUT2D eigenvalue weighted by molar-refractivity contribution is 0.411. The Morgan fingerprint density at radius 1 is 1.09 bits per heavy atom. The third-order valence-corrected chi connectivity index (χ3v) is 7.03. The molecule has 2 aliphatic rings. The van der Waals surface area contributed by atoms with E-state index in [1.807, 2.05) is 42.5 Å². The Bertz CT molecular complexity index is 1430. The van der Waals surface area contributed by atoms with E-state index in [0.717, 1.165) is 50.0 Å². The zero-order valence-corrected chi connectivity index (χ0v) is 19.2. The lowest BCUT2D eigenvalue weighted by Crippen LogP contribution is -2.27. The van der Waals surface area contributed by atoms with Gasteiger partial charge in [-0.25, -0.2) is 9.98 Å². The minimum absolute atomic E-state index is 0.158. The number of amidine groups is 1. The van der Waals surface area contributed by atoms with Crippen LogP contribution in [0.2, 0.25) is 0 Å². The number of hydrogen-bond acceptors (Lipinski definition) is 7. The van der Waals surface area contributed by atoms with Gasteiger partial charge in [0.15, 0.2) is 0 Å². The highest BCUT2D eigenvalue weighted by Crippen LogP contribution is 2.51. The van der Waals surface area contributed by atoms with Crippen LogP contribution in [0.15, 0.2) is 88.7 Å². The largest absolute Gasteiger partial charge is 0.496 e. The number of nitrogens with one attached hydrogen (secondary N) is 1. The number of pyridine rings is 1. The van der Waals surface area contributed by atoms with Crippen LogP contribution in [0, 0.1) is 0 Å². The Kier molecular flexibility index (Phi) is 5.07. The maximum Gasteiger partial charge on any atom is 0.242 e. The molecular formula is C26H21N5O2S. The summed E-state index contributed by atoms with van der Waals surface area (Å²) in [5.74, 6) is 2.24. The van der Waals surface area contributed by atoms with Crippen LogP contribution in [-0.4, -0.2) is 28.1 Å². The molecule has 4 heterocycles. The topological polar surface area (TPSA) is 98.4 Å². The van der Waals surface area contributed by atoms with Crippen molar-refractivity contribution in [3.63, 3.8) is 0 Å². The first-order chi connectivity index (χ1) is 16.7. The summed E-state index contributed by atoms with van der Waals surface area (Å²) >= 11 is 1.63. The van der Waals surface area contributed by atoms with Crippen molar-refractivity contribution in [3.05, 3.63) is 95.4 Å². The number of methoxy groups -OCH3 is 1. The molecule has 0 bridgehead atoms. The fourth-order valence-corrected chi connectivity index (χ4v) is 5.37. The van der Waals surface area contributed by atoms with E-state index in [4.69, 9.17) is 20.2 Å². The van der Waals surface area contributed by atoms with Gasteiger partial charge in [-0.2, -0.15) is 0 Å². The average molecular weight is 468 g/mol. The fraction of sp³-hybridized carbons (Fsp3) is 0.115. The zero-order valence-electron chi connectivity index (χ0n) is 18.4. The number of ether oxygens (including phenoxy) is 2. The number of thioether (sulfide) groups is 1. The molecule has 1 unspecified atom stereocenters. The number of fused-ring (bicyclic) bond motifs is 5. The lowest BCUT2D eigenvalue weighted by Gasteiger charge is -2.30. The maximum absolute atomic E-state index is 6.50. The third-order valence-electron chi connectivity index (χ3n) is 6.06. The summed E-state index contributed by atoms with van der Waals surface area (Å²) in [5, 5.41) is 8.55. The average Bonchev–Trinajstić information content (AvgIpc) is 3.33. The number of aromatic amines is 1. The van der Waals surface area contributed by atoms with E-state index in [-0.39, 0.29) is 5.92 Å². The van der Waals surface area contributed by atoms with Crippen molar-refractivity contribution in [1.29, 1.82) is 0 Å². The normalized spacial score (nSPS) is 15.9. The first kappa shape index (κ1) is 20.6. The van der Waals surface area contributed by atoms with Crippen LogP contribution in [-0.2, 0) is 5.75 Å². The van der Waals surface area contributed by atoms with Gasteiger partial charge in [-0.1, -0.05) is 42.5 Å². The predicted molar refractivity (Wildman–Crippen MR) is 133 cm³/mol. The van der Waals surface area contributed by atoms with Gasteiger partial charge in [0.05, 0.1) is 35.0 Å². The van der Waals surface area contributed by atoms with Crippen LogP contribution in [0.1, 0.15) is 22.6 Å². The van der Waals surface area contributed by atoms with Gasteiger partial charge in [-0.3, -0.25) is 5.10 Å². The molecule has 2 aromatic heterocycles. The van der Waals surface area contributed by atoms with Gasteiger partial charge in [-0.05, 0) is 29.3 Å². The summed E-state index contributed by atoms with van der Waals surface area (Å²) in [7, 11) is 1.67. The predicted octanol–water partition coefficient (Wildman–Crippen LogP) is 5.18. The highest BCUT2D eigenvalue weighted by molar-refractivity contribution is 7.98. The molecule has 8 heteroatoms. The smallest absolute Gasteiger partial charge is 0.242 e. The molecule has 0 saturated carbocycles. The molecule has 0 amide bonds. The van der Waals surface area contributed by atoms with Gasteiger partial charge in [0.25, 0.3) is 0 Å². The second kappa shape index (κ2) is 8.39. The van der Waals surface area contributed by atoms with Crippen molar-refractivity contribution in [2.45, 2.75) is 16.7 Å². The van der Waals surface area contributed by atoms with Gasteiger partial charge < -0.3 is 15.2 Å². The molecule has 0 aliphatic carbocycles. The quantitative estimate of drug-likeness (QED) is 0.392. The summed E-state index contributed by atoms with van der Waals surface area (Å²) in [6, 6.07) is 20.1. The molecule has 1 atom stereocenters. The van der Waals surface area contributed by atoms with E-state index in [1.54, 1.807) is 31.3 Å². The third kappa shape index (κ3) is 3.34. The second-order valence-corrected chi connectivity index (χ2v) is 8.94. The van der Waals surface area contributed by atoms with Crippen molar-refractivity contribution in [2.75, 3.05) is 7.11 Å². The van der Waals surface area contributed by atoms with Crippen LogP contribution in [0.4, 0.5) is 5.69 Å². The maximum atomic E-state index is 6.50. The molecule has 6 rings (SSSR count). The number of rotatable bonds is 5. The van der Waals surface area contributed by atoms with E-state index in [9.17, 15) is 0 Å². The Balaban J connectivity index is 1.50.